The summed E-state index contributed by atoms with van der Waals surface area (Å²) in [6, 6.07) is 7.38. The Morgan fingerprint density at radius 3 is 2.81 bits per heavy atom. The zero-order valence-corrected chi connectivity index (χ0v) is 12.1. The topological polar surface area (TPSA) is 46.9 Å². The van der Waals surface area contributed by atoms with Crippen LogP contribution < -0.4 is 5.32 Å². The molecule has 1 heterocycles. The van der Waals surface area contributed by atoms with Crippen LogP contribution in [0.5, 0.6) is 0 Å². The molecule has 1 aromatic carbocycles. The van der Waals surface area contributed by atoms with Gasteiger partial charge >= 0.3 is 0 Å². The van der Waals surface area contributed by atoms with Gasteiger partial charge in [0.1, 0.15) is 5.69 Å². The first-order valence-electron chi connectivity index (χ1n) is 6.25. The molecule has 0 aliphatic rings. The monoisotopic (exact) mass is 313 g/mol. The highest BCUT2D eigenvalue weighted by Crippen LogP contribution is 2.20. The number of nitrogens with one attached hydrogen (secondary N) is 1. The number of aryl methyl sites for hydroxylation is 1. The number of halogens is 3. The predicted octanol–water partition coefficient (Wildman–Crippen LogP) is 3.03. The van der Waals surface area contributed by atoms with Gasteiger partial charge in [0.05, 0.1) is 5.56 Å². The molecule has 2 aromatic rings. The summed E-state index contributed by atoms with van der Waals surface area (Å²) in [6.45, 7) is 0.237. The van der Waals surface area contributed by atoms with Gasteiger partial charge in [-0.2, -0.15) is 5.10 Å². The number of carbonyl (C=O) groups is 1. The quantitative estimate of drug-likeness (QED) is 0.863. The van der Waals surface area contributed by atoms with E-state index in [1.807, 2.05) is 24.3 Å². The lowest BCUT2D eigenvalue weighted by Gasteiger charge is -2.06. The number of carbonyl (C=O) groups excluding carboxylic acids is 1. The van der Waals surface area contributed by atoms with Gasteiger partial charge in [-0.3, -0.25) is 9.48 Å². The average molecular weight is 314 g/mol. The smallest absolute Gasteiger partial charge is 0.282 e. The van der Waals surface area contributed by atoms with Crippen LogP contribution in [-0.2, 0) is 19.5 Å². The number of alkyl halides is 3. The van der Waals surface area contributed by atoms with Gasteiger partial charge in [0.25, 0.3) is 12.3 Å². The zero-order valence-electron chi connectivity index (χ0n) is 11.3. The number of aromatic nitrogens is 2. The van der Waals surface area contributed by atoms with E-state index >= 15 is 0 Å². The molecule has 4 nitrogen and oxygen atoms in total. The van der Waals surface area contributed by atoms with Crippen LogP contribution in [0.4, 0.5) is 8.78 Å². The third-order valence-corrected chi connectivity index (χ3v) is 3.22. The lowest BCUT2D eigenvalue weighted by atomic mass is 10.1. The van der Waals surface area contributed by atoms with Gasteiger partial charge in [-0.1, -0.05) is 24.3 Å². The van der Waals surface area contributed by atoms with Crippen molar-refractivity contribution in [3.8, 4) is 0 Å². The Bertz CT molecular complexity index is 643. The lowest BCUT2D eigenvalue weighted by molar-refractivity contribution is 0.0936. The predicted molar refractivity (Wildman–Crippen MR) is 75.3 cm³/mol. The van der Waals surface area contributed by atoms with Gasteiger partial charge in [-0.15, -0.1) is 11.6 Å². The Morgan fingerprint density at radius 2 is 2.14 bits per heavy atom. The van der Waals surface area contributed by atoms with Crippen LogP contribution >= 0.6 is 11.6 Å². The molecule has 0 radical (unpaired) electrons. The van der Waals surface area contributed by atoms with E-state index in [-0.39, 0.29) is 12.1 Å². The molecule has 0 spiro atoms. The molecule has 0 fully saturated rings. The first kappa shape index (κ1) is 15.4. The van der Waals surface area contributed by atoms with Crippen LogP contribution in [0.1, 0.15) is 33.6 Å². The van der Waals surface area contributed by atoms with E-state index in [4.69, 9.17) is 11.6 Å². The molecule has 7 heteroatoms. The van der Waals surface area contributed by atoms with Crippen LogP contribution in [0.2, 0.25) is 0 Å². The normalized spacial score (nSPS) is 10.9. The molecule has 0 unspecified atom stereocenters. The summed E-state index contributed by atoms with van der Waals surface area (Å²) in [6.07, 6.45) is -1.50. The Kier molecular flexibility index (Phi) is 4.90. The van der Waals surface area contributed by atoms with Crippen molar-refractivity contribution in [2.45, 2.75) is 18.9 Å². The number of nitrogens with zero attached hydrogens (tertiary/aromatic N) is 2. The summed E-state index contributed by atoms with van der Waals surface area (Å²) < 4.78 is 26.8. The van der Waals surface area contributed by atoms with Crippen molar-refractivity contribution in [2.75, 3.05) is 0 Å². The summed E-state index contributed by atoms with van der Waals surface area (Å²) in [5, 5.41) is 6.21. The molecule has 0 aliphatic carbocycles. The van der Waals surface area contributed by atoms with Crippen molar-refractivity contribution >= 4 is 17.5 Å². The van der Waals surface area contributed by atoms with E-state index in [9.17, 15) is 13.6 Å². The second kappa shape index (κ2) is 6.67. The highest BCUT2D eigenvalue weighted by molar-refractivity contribution is 6.17. The molecule has 1 aromatic heterocycles. The summed E-state index contributed by atoms with van der Waals surface area (Å²) in [5.74, 6) is -0.199. The van der Waals surface area contributed by atoms with Crippen molar-refractivity contribution in [1.82, 2.24) is 15.1 Å². The Morgan fingerprint density at radius 1 is 1.43 bits per heavy atom. The Balaban J connectivity index is 2.08. The fourth-order valence-corrected chi connectivity index (χ4v) is 2.11. The van der Waals surface area contributed by atoms with E-state index < -0.39 is 18.0 Å². The van der Waals surface area contributed by atoms with E-state index in [1.165, 1.54) is 17.9 Å². The fraction of sp³-hybridized carbons (Fsp3) is 0.286. The van der Waals surface area contributed by atoms with Gasteiger partial charge in [0.15, 0.2) is 0 Å². The highest BCUT2D eigenvalue weighted by Gasteiger charge is 2.22. The highest BCUT2D eigenvalue weighted by atomic mass is 35.5. The van der Waals surface area contributed by atoms with Crippen LogP contribution in [0.15, 0.2) is 30.5 Å². The van der Waals surface area contributed by atoms with E-state index in [1.54, 1.807) is 0 Å². The summed E-state index contributed by atoms with van der Waals surface area (Å²) in [5.41, 5.74) is 1.16. The summed E-state index contributed by atoms with van der Waals surface area (Å²) in [7, 11) is 1.49. The second-order valence-electron chi connectivity index (χ2n) is 4.54. The SMILES string of the molecule is Cn1cc(C(=O)NCc2cccc(CCl)c2)c(C(F)F)n1. The lowest BCUT2D eigenvalue weighted by Crippen LogP contribution is -2.23. The molecule has 1 N–H and O–H groups in total. The molecule has 112 valence electrons. The molecule has 0 aliphatic heterocycles. The largest absolute Gasteiger partial charge is 0.348 e. The molecule has 21 heavy (non-hydrogen) atoms. The number of benzene rings is 1. The maximum Gasteiger partial charge on any atom is 0.282 e. The van der Waals surface area contributed by atoms with Gasteiger partial charge in [0.2, 0.25) is 0 Å². The number of rotatable bonds is 5. The van der Waals surface area contributed by atoms with Gasteiger partial charge < -0.3 is 5.32 Å². The van der Waals surface area contributed by atoms with Crippen molar-refractivity contribution < 1.29 is 13.6 Å². The van der Waals surface area contributed by atoms with Crippen LogP contribution in [0, 0.1) is 0 Å². The van der Waals surface area contributed by atoms with Crippen LogP contribution in [0.25, 0.3) is 0 Å². The number of amides is 1. The van der Waals surface area contributed by atoms with Crippen LogP contribution in [-0.4, -0.2) is 15.7 Å². The first-order chi connectivity index (χ1) is 10.0. The molecule has 0 saturated carbocycles. The maximum absolute atomic E-state index is 12.8. The summed E-state index contributed by atoms with van der Waals surface area (Å²) >= 11 is 5.73. The number of hydrogen-bond acceptors (Lipinski definition) is 2. The molecule has 0 atom stereocenters. The standard InChI is InChI=1S/C14H14ClF2N3O/c1-20-8-11(12(19-20)13(16)17)14(21)18-7-10-4-2-3-9(5-10)6-15/h2-5,8,13H,6-7H2,1H3,(H,18,21). The Hall–Kier alpha value is -1.95. The van der Waals surface area contributed by atoms with Gasteiger partial charge in [0, 0.05) is 25.7 Å². The molecule has 0 bridgehead atoms. The fourth-order valence-electron chi connectivity index (χ4n) is 1.94. The molecule has 1 amide bonds. The third-order valence-electron chi connectivity index (χ3n) is 2.91. The van der Waals surface area contributed by atoms with Crippen molar-refractivity contribution in [1.29, 1.82) is 0 Å². The third kappa shape index (κ3) is 3.78. The van der Waals surface area contributed by atoms with Gasteiger partial charge in [-0.05, 0) is 11.1 Å². The van der Waals surface area contributed by atoms with E-state index in [0.29, 0.717) is 5.88 Å². The Labute approximate surface area is 125 Å². The minimum atomic E-state index is -2.79. The zero-order chi connectivity index (χ0) is 15.4. The van der Waals surface area contributed by atoms with Crippen molar-refractivity contribution in [2.24, 2.45) is 7.05 Å². The minimum Gasteiger partial charge on any atom is -0.348 e. The van der Waals surface area contributed by atoms with E-state index in [2.05, 4.69) is 10.4 Å². The summed E-state index contributed by atoms with van der Waals surface area (Å²) in [4.78, 5) is 12.0. The average Bonchev–Trinajstić information content (AvgIpc) is 2.87. The molecular formula is C14H14ClF2N3O. The molecule has 2 rings (SSSR count). The van der Waals surface area contributed by atoms with Gasteiger partial charge in [-0.25, -0.2) is 8.78 Å². The van der Waals surface area contributed by atoms with Crippen molar-refractivity contribution in [3.63, 3.8) is 0 Å². The maximum atomic E-state index is 12.8. The van der Waals surface area contributed by atoms with Crippen LogP contribution in [0.3, 0.4) is 0 Å². The minimum absolute atomic E-state index is 0.110. The molecule has 0 saturated heterocycles. The van der Waals surface area contributed by atoms with Crippen molar-refractivity contribution in [3.05, 3.63) is 52.8 Å². The first-order valence-corrected chi connectivity index (χ1v) is 6.78. The second-order valence-corrected chi connectivity index (χ2v) is 4.81. The molecular weight excluding hydrogens is 300 g/mol. The van der Waals surface area contributed by atoms with E-state index in [0.717, 1.165) is 11.1 Å². The number of hydrogen-bond donors (Lipinski definition) is 1.